The lowest BCUT2D eigenvalue weighted by Gasteiger charge is -2.23. The zero-order valence-electron chi connectivity index (χ0n) is 8.39. The summed E-state index contributed by atoms with van der Waals surface area (Å²) < 4.78 is 1.14. The van der Waals surface area contributed by atoms with Crippen molar-refractivity contribution in [2.24, 2.45) is 0 Å². The molecule has 1 saturated heterocycles. The van der Waals surface area contributed by atoms with Gasteiger partial charge >= 0.3 is 0 Å². The third kappa shape index (κ3) is 2.15. The first-order chi connectivity index (χ1) is 6.77. The smallest absolute Gasteiger partial charge is 0.0715 e. The van der Waals surface area contributed by atoms with E-state index in [-0.39, 0.29) is 0 Å². The van der Waals surface area contributed by atoms with E-state index in [1.165, 1.54) is 24.8 Å². The van der Waals surface area contributed by atoms with Gasteiger partial charge in [0.05, 0.1) is 11.7 Å². The van der Waals surface area contributed by atoms with Crippen molar-refractivity contribution in [1.29, 1.82) is 0 Å². The molecular formula is C11H15BrN2. The number of rotatable bonds is 1. The second-order valence-electron chi connectivity index (χ2n) is 3.88. The van der Waals surface area contributed by atoms with E-state index in [9.17, 15) is 0 Å². The summed E-state index contributed by atoms with van der Waals surface area (Å²) >= 11 is 3.58. The summed E-state index contributed by atoms with van der Waals surface area (Å²) in [5, 5.41) is 3.50. The molecule has 1 aromatic rings. The lowest BCUT2D eigenvalue weighted by molar-refractivity contribution is 0.404. The van der Waals surface area contributed by atoms with Gasteiger partial charge in [-0.2, -0.15) is 0 Å². The number of hydrogen-bond acceptors (Lipinski definition) is 2. The van der Waals surface area contributed by atoms with Crippen molar-refractivity contribution in [3.63, 3.8) is 0 Å². The molecule has 0 spiro atoms. The van der Waals surface area contributed by atoms with Gasteiger partial charge in [-0.25, -0.2) is 0 Å². The van der Waals surface area contributed by atoms with Crippen LogP contribution in [0.15, 0.2) is 16.7 Å². The molecule has 1 aliphatic heterocycles. The van der Waals surface area contributed by atoms with E-state index in [2.05, 4.69) is 39.2 Å². The summed E-state index contributed by atoms with van der Waals surface area (Å²) in [5.41, 5.74) is 2.37. The van der Waals surface area contributed by atoms with Gasteiger partial charge in [0.1, 0.15) is 0 Å². The Labute approximate surface area is 93.3 Å². The standard InChI is InChI=1S/C11H15BrN2/c1-8-6-9(12)11(14-7-8)10-4-2-3-5-13-10/h6-7,10,13H,2-5H2,1H3. The largest absolute Gasteiger partial charge is 0.309 e. The number of aromatic nitrogens is 1. The van der Waals surface area contributed by atoms with Crippen molar-refractivity contribution in [3.05, 3.63) is 28.0 Å². The van der Waals surface area contributed by atoms with Gasteiger partial charge in [-0.1, -0.05) is 6.42 Å². The fourth-order valence-electron chi connectivity index (χ4n) is 1.89. The normalized spacial score (nSPS) is 22.3. The van der Waals surface area contributed by atoms with Crippen LogP contribution < -0.4 is 5.32 Å². The molecule has 14 heavy (non-hydrogen) atoms. The maximum absolute atomic E-state index is 4.49. The third-order valence-electron chi connectivity index (χ3n) is 2.65. The van der Waals surface area contributed by atoms with Crippen LogP contribution in [0.4, 0.5) is 0 Å². The van der Waals surface area contributed by atoms with Crippen LogP contribution in [0.1, 0.15) is 36.6 Å². The van der Waals surface area contributed by atoms with Gasteiger partial charge in [0.25, 0.3) is 0 Å². The highest BCUT2D eigenvalue weighted by Crippen LogP contribution is 2.27. The number of aryl methyl sites for hydroxylation is 1. The monoisotopic (exact) mass is 254 g/mol. The minimum Gasteiger partial charge on any atom is -0.309 e. The number of pyridine rings is 1. The molecule has 1 aromatic heterocycles. The third-order valence-corrected chi connectivity index (χ3v) is 3.28. The van der Waals surface area contributed by atoms with E-state index < -0.39 is 0 Å². The van der Waals surface area contributed by atoms with Crippen LogP contribution in [0.25, 0.3) is 0 Å². The highest BCUT2D eigenvalue weighted by Gasteiger charge is 2.18. The van der Waals surface area contributed by atoms with Crippen LogP contribution in [0.3, 0.4) is 0 Å². The van der Waals surface area contributed by atoms with E-state index in [0.29, 0.717) is 6.04 Å². The molecule has 1 aliphatic rings. The van der Waals surface area contributed by atoms with Crippen molar-refractivity contribution < 1.29 is 0 Å². The second-order valence-corrected chi connectivity index (χ2v) is 4.74. The van der Waals surface area contributed by atoms with E-state index in [1.54, 1.807) is 0 Å². The van der Waals surface area contributed by atoms with E-state index >= 15 is 0 Å². The summed E-state index contributed by atoms with van der Waals surface area (Å²) in [4.78, 5) is 4.49. The van der Waals surface area contributed by atoms with E-state index in [1.807, 2.05) is 6.20 Å². The topological polar surface area (TPSA) is 24.9 Å². The van der Waals surface area contributed by atoms with Crippen LogP contribution in [-0.4, -0.2) is 11.5 Å². The van der Waals surface area contributed by atoms with Crippen molar-refractivity contribution >= 4 is 15.9 Å². The molecule has 1 unspecified atom stereocenters. The molecule has 2 heterocycles. The molecule has 0 amide bonds. The Bertz CT molecular complexity index is 319. The van der Waals surface area contributed by atoms with Gasteiger partial charge in [0, 0.05) is 10.7 Å². The number of hydrogen-bond donors (Lipinski definition) is 1. The van der Waals surface area contributed by atoms with Crippen molar-refractivity contribution in [2.45, 2.75) is 32.2 Å². The predicted octanol–water partition coefficient (Wildman–Crippen LogP) is 2.97. The number of piperidine rings is 1. The average molecular weight is 255 g/mol. The van der Waals surface area contributed by atoms with Crippen LogP contribution in [0.5, 0.6) is 0 Å². The van der Waals surface area contributed by atoms with Crippen LogP contribution >= 0.6 is 15.9 Å². The second kappa shape index (κ2) is 4.41. The number of nitrogens with zero attached hydrogens (tertiary/aromatic N) is 1. The Hall–Kier alpha value is -0.410. The maximum Gasteiger partial charge on any atom is 0.0715 e. The number of halogens is 1. The van der Waals surface area contributed by atoms with Gasteiger partial charge in [-0.3, -0.25) is 4.98 Å². The van der Waals surface area contributed by atoms with Gasteiger partial charge in [0.2, 0.25) is 0 Å². The molecule has 2 nitrogen and oxygen atoms in total. The minimum atomic E-state index is 0.443. The Kier molecular flexibility index (Phi) is 3.19. The van der Waals surface area contributed by atoms with Crippen molar-refractivity contribution in [3.8, 4) is 0 Å². The van der Waals surface area contributed by atoms with Gasteiger partial charge < -0.3 is 5.32 Å². The molecule has 0 aromatic carbocycles. The van der Waals surface area contributed by atoms with Gasteiger partial charge in [-0.05, 0) is 53.9 Å². The van der Waals surface area contributed by atoms with Gasteiger partial charge in [-0.15, -0.1) is 0 Å². The first kappa shape index (κ1) is 10.1. The Morgan fingerprint density at radius 3 is 3.00 bits per heavy atom. The Balaban J connectivity index is 2.22. The summed E-state index contributed by atoms with van der Waals surface area (Å²) in [6.45, 7) is 3.18. The first-order valence-electron chi connectivity index (χ1n) is 5.13. The van der Waals surface area contributed by atoms with Crippen LogP contribution in [0, 0.1) is 6.92 Å². The fourth-order valence-corrected chi connectivity index (χ4v) is 2.63. The SMILES string of the molecule is Cc1cnc(C2CCCCN2)c(Br)c1. The summed E-state index contributed by atoms with van der Waals surface area (Å²) in [6, 6.07) is 2.58. The quantitative estimate of drug-likeness (QED) is 0.834. The Morgan fingerprint density at radius 2 is 2.36 bits per heavy atom. The molecule has 0 saturated carbocycles. The van der Waals surface area contributed by atoms with Crippen LogP contribution in [-0.2, 0) is 0 Å². The molecule has 0 aliphatic carbocycles. The molecule has 1 fully saturated rings. The van der Waals surface area contributed by atoms with Crippen molar-refractivity contribution in [1.82, 2.24) is 10.3 Å². The first-order valence-corrected chi connectivity index (χ1v) is 5.92. The van der Waals surface area contributed by atoms with Crippen LogP contribution in [0.2, 0.25) is 0 Å². The molecule has 3 heteroatoms. The number of nitrogens with one attached hydrogen (secondary N) is 1. The molecule has 0 radical (unpaired) electrons. The summed E-state index contributed by atoms with van der Waals surface area (Å²) in [7, 11) is 0. The van der Waals surface area contributed by atoms with E-state index in [4.69, 9.17) is 0 Å². The molecule has 0 bridgehead atoms. The van der Waals surface area contributed by atoms with Gasteiger partial charge in [0.15, 0.2) is 0 Å². The Morgan fingerprint density at radius 1 is 1.50 bits per heavy atom. The summed E-state index contributed by atoms with van der Waals surface area (Å²) in [6.07, 6.45) is 5.74. The highest BCUT2D eigenvalue weighted by atomic mass is 79.9. The predicted molar refractivity (Wildman–Crippen MR) is 61.3 cm³/mol. The zero-order chi connectivity index (χ0) is 9.97. The average Bonchev–Trinajstić information content (AvgIpc) is 2.19. The van der Waals surface area contributed by atoms with Crippen molar-refractivity contribution in [2.75, 3.05) is 6.54 Å². The lowest BCUT2D eigenvalue weighted by atomic mass is 10.0. The molecule has 2 rings (SSSR count). The minimum absolute atomic E-state index is 0.443. The van der Waals surface area contributed by atoms with E-state index in [0.717, 1.165) is 16.7 Å². The molecule has 1 atom stereocenters. The fraction of sp³-hybridized carbons (Fsp3) is 0.545. The molecule has 76 valence electrons. The zero-order valence-corrected chi connectivity index (χ0v) is 9.97. The molecular weight excluding hydrogens is 240 g/mol. The lowest BCUT2D eigenvalue weighted by Crippen LogP contribution is -2.27. The summed E-state index contributed by atoms with van der Waals surface area (Å²) in [5.74, 6) is 0. The molecule has 1 N–H and O–H groups in total. The maximum atomic E-state index is 4.49. The highest BCUT2D eigenvalue weighted by molar-refractivity contribution is 9.10.